The number of cyclic esters (lactones) is 1. The summed E-state index contributed by atoms with van der Waals surface area (Å²) < 4.78 is 5.19. The zero-order valence-electron chi connectivity index (χ0n) is 17.1. The molecule has 0 aromatic rings. The average Bonchev–Trinajstić information content (AvgIpc) is 3.17. The monoisotopic (exact) mass is 390 g/mol. The van der Waals surface area contributed by atoms with Crippen molar-refractivity contribution in [3.05, 3.63) is 11.6 Å². The summed E-state index contributed by atoms with van der Waals surface area (Å²) in [6.07, 6.45) is 7.46. The minimum Gasteiger partial charge on any atom is -0.458 e. The maximum absolute atomic E-state index is 12.1. The zero-order chi connectivity index (χ0) is 19.9. The van der Waals surface area contributed by atoms with E-state index in [9.17, 15) is 20.1 Å². The molecule has 0 aromatic heterocycles. The zero-order valence-corrected chi connectivity index (χ0v) is 17.1. The van der Waals surface area contributed by atoms with Crippen LogP contribution >= 0.6 is 0 Å². The molecule has 5 rings (SSSR count). The molecule has 1 aliphatic heterocycles. The summed E-state index contributed by atoms with van der Waals surface area (Å²) in [4.78, 5) is 11.6. The molecular weight excluding hydrogens is 356 g/mol. The molecule has 28 heavy (non-hydrogen) atoms. The maximum Gasteiger partial charge on any atom is 0.331 e. The number of carbonyl (C=O) groups is 1. The molecule has 0 unspecified atom stereocenters. The average molecular weight is 391 g/mol. The lowest BCUT2D eigenvalue weighted by atomic mass is 9.43. The van der Waals surface area contributed by atoms with Gasteiger partial charge in [0.05, 0.1) is 17.8 Å². The second-order valence-electron chi connectivity index (χ2n) is 10.9. The van der Waals surface area contributed by atoms with E-state index >= 15 is 0 Å². The van der Waals surface area contributed by atoms with E-state index in [-0.39, 0.29) is 28.6 Å². The Morgan fingerprint density at radius 3 is 2.54 bits per heavy atom. The lowest BCUT2D eigenvalue weighted by Crippen LogP contribution is -2.63. The third-order valence-corrected chi connectivity index (χ3v) is 10.0. The third kappa shape index (κ3) is 2.33. The summed E-state index contributed by atoms with van der Waals surface area (Å²) in [7, 11) is 0. The van der Waals surface area contributed by atoms with Crippen LogP contribution in [0.2, 0.25) is 0 Å². The molecule has 0 spiro atoms. The highest BCUT2D eigenvalue weighted by Gasteiger charge is 2.68. The van der Waals surface area contributed by atoms with Gasteiger partial charge in [-0.2, -0.15) is 0 Å². The highest BCUT2D eigenvalue weighted by atomic mass is 16.5. The molecule has 156 valence electrons. The number of aliphatic hydroxyl groups excluding tert-OH is 2. The highest BCUT2D eigenvalue weighted by Crippen LogP contribution is 2.69. The summed E-state index contributed by atoms with van der Waals surface area (Å²) in [6.45, 7) is 4.92. The Bertz CT molecular complexity index is 718. The van der Waals surface area contributed by atoms with E-state index in [4.69, 9.17) is 4.74 Å². The minimum atomic E-state index is -0.720. The number of hydrogen-bond acceptors (Lipinski definition) is 5. The van der Waals surface area contributed by atoms with Crippen LogP contribution in [0.3, 0.4) is 0 Å². The van der Waals surface area contributed by atoms with Crippen LogP contribution < -0.4 is 0 Å². The quantitative estimate of drug-likeness (QED) is 0.599. The van der Waals surface area contributed by atoms with Crippen LogP contribution in [0.4, 0.5) is 0 Å². The summed E-state index contributed by atoms with van der Waals surface area (Å²) in [6, 6.07) is 0. The molecule has 0 saturated heterocycles. The number of hydrogen-bond donors (Lipinski definition) is 3. The SMILES string of the molecule is C[C@]12C[C@@H](O)[C@H](O)C[C@@H]1CC[C@@H]1[C@@H]2CC[C@]2(C)[C@@H](C3=CC(=O)OC3)CC[C@]12O. The largest absolute Gasteiger partial charge is 0.458 e. The lowest BCUT2D eigenvalue weighted by molar-refractivity contribution is -0.218. The molecule has 0 radical (unpaired) electrons. The Balaban J connectivity index is 1.47. The normalized spacial score (nSPS) is 55.8. The lowest BCUT2D eigenvalue weighted by Gasteiger charge is -2.64. The van der Waals surface area contributed by atoms with Crippen LogP contribution in [0, 0.1) is 34.5 Å². The Morgan fingerprint density at radius 1 is 1.04 bits per heavy atom. The van der Waals surface area contributed by atoms with Crippen molar-refractivity contribution in [1.29, 1.82) is 0 Å². The molecule has 3 N–H and O–H groups in total. The van der Waals surface area contributed by atoms with Gasteiger partial charge in [0.2, 0.25) is 0 Å². The van der Waals surface area contributed by atoms with Crippen molar-refractivity contribution in [2.45, 2.75) is 83.0 Å². The van der Waals surface area contributed by atoms with Gasteiger partial charge < -0.3 is 20.1 Å². The van der Waals surface area contributed by atoms with E-state index < -0.39 is 17.8 Å². The van der Waals surface area contributed by atoms with E-state index in [0.717, 1.165) is 44.1 Å². The molecule has 9 atom stereocenters. The van der Waals surface area contributed by atoms with Gasteiger partial charge in [-0.15, -0.1) is 0 Å². The summed E-state index contributed by atoms with van der Waals surface area (Å²) in [5.74, 6) is 1.03. The van der Waals surface area contributed by atoms with E-state index in [1.807, 2.05) is 0 Å². The standard InChI is InChI=1S/C23H34O5/c1-21-11-19(25)18(24)10-14(21)3-4-17-16(21)5-7-22(2)15(6-8-23(17,22)27)13-9-20(26)28-12-13/h9,14-19,24-25,27H,3-8,10-12H2,1-2H3/t14-,15+,16-,17+,18+,19+,21-,22+,23-/m0/s1. The first-order valence-electron chi connectivity index (χ1n) is 11.1. The molecular formula is C23H34O5. The summed E-state index contributed by atoms with van der Waals surface area (Å²) in [5.41, 5.74) is 0.118. The maximum atomic E-state index is 12.1. The van der Waals surface area contributed by atoms with Crippen molar-refractivity contribution < 1.29 is 24.9 Å². The Morgan fingerprint density at radius 2 is 1.82 bits per heavy atom. The van der Waals surface area contributed by atoms with Gasteiger partial charge in [0, 0.05) is 11.5 Å². The van der Waals surface area contributed by atoms with Gasteiger partial charge >= 0.3 is 5.97 Å². The smallest absolute Gasteiger partial charge is 0.331 e. The highest BCUT2D eigenvalue weighted by molar-refractivity contribution is 5.85. The minimum absolute atomic E-state index is 0.0115. The van der Waals surface area contributed by atoms with E-state index in [0.29, 0.717) is 31.3 Å². The van der Waals surface area contributed by atoms with Crippen molar-refractivity contribution >= 4 is 5.97 Å². The van der Waals surface area contributed by atoms with Crippen LogP contribution in [0.1, 0.15) is 65.2 Å². The van der Waals surface area contributed by atoms with Gasteiger partial charge in [-0.05, 0) is 86.0 Å². The fourth-order valence-electron chi connectivity index (χ4n) is 8.43. The first kappa shape index (κ1) is 19.1. The second kappa shape index (κ2) is 6.05. The predicted octanol–water partition coefficient (Wildman–Crippen LogP) is 2.58. The Labute approximate surface area is 167 Å². The third-order valence-electron chi connectivity index (χ3n) is 10.0. The number of ether oxygens (including phenoxy) is 1. The van der Waals surface area contributed by atoms with Gasteiger partial charge in [0.15, 0.2) is 0 Å². The summed E-state index contributed by atoms with van der Waals surface area (Å²) >= 11 is 0. The summed E-state index contributed by atoms with van der Waals surface area (Å²) in [5, 5.41) is 32.7. The van der Waals surface area contributed by atoms with Gasteiger partial charge in [0.25, 0.3) is 0 Å². The van der Waals surface area contributed by atoms with Crippen molar-refractivity contribution in [2.24, 2.45) is 34.5 Å². The van der Waals surface area contributed by atoms with Crippen LogP contribution in [-0.4, -0.2) is 45.7 Å². The molecule has 1 heterocycles. The molecule has 0 bridgehead atoms. The number of carbonyl (C=O) groups excluding carboxylic acids is 1. The van der Waals surface area contributed by atoms with Gasteiger partial charge in [0.1, 0.15) is 6.61 Å². The molecule has 0 amide bonds. The molecule has 4 saturated carbocycles. The topological polar surface area (TPSA) is 87.0 Å². The van der Waals surface area contributed by atoms with E-state index in [2.05, 4.69) is 13.8 Å². The fourth-order valence-corrected chi connectivity index (χ4v) is 8.43. The first-order valence-corrected chi connectivity index (χ1v) is 11.1. The predicted molar refractivity (Wildman–Crippen MR) is 103 cm³/mol. The van der Waals surface area contributed by atoms with E-state index in [1.165, 1.54) is 0 Å². The molecule has 5 nitrogen and oxygen atoms in total. The number of fused-ring (bicyclic) bond motifs is 5. The second-order valence-corrected chi connectivity index (χ2v) is 10.9. The molecule has 0 aromatic carbocycles. The van der Waals surface area contributed by atoms with Crippen LogP contribution in [0.5, 0.6) is 0 Å². The van der Waals surface area contributed by atoms with Crippen molar-refractivity contribution in [2.75, 3.05) is 6.61 Å². The van der Waals surface area contributed by atoms with Crippen LogP contribution in [0.15, 0.2) is 11.6 Å². The van der Waals surface area contributed by atoms with Gasteiger partial charge in [-0.1, -0.05) is 13.8 Å². The van der Waals surface area contributed by atoms with Gasteiger partial charge in [-0.3, -0.25) is 0 Å². The van der Waals surface area contributed by atoms with Crippen molar-refractivity contribution in [3.63, 3.8) is 0 Å². The van der Waals surface area contributed by atoms with E-state index in [1.54, 1.807) is 6.08 Å². The number of aliphatic hydroxyl groups is 3. The van der Waals surface area contributed by atoms with Crippen molar-refractivity contribution in [3.8, 4) is 0 Å². The number of esters is 1. The fraction of sp³-hybridized carbons (Fsp3) is 0.870. The molecule has 5 heteroatoms. The first-order chi connectivity index (χ1) is 13.2. The molecule has 4 fully saturated rings. The molecule has 4 aliphatic carbocycles. The Kier molecular flexibility index (Phi) is 4.12. The van der Waals surface area contributed by atoms with Crippen LogP contribution in [0.25, 0.3) is 0 Å². The Hall–Kier alpha value is -0.910. The van der Waals surface area contributed by atoms with Gasteiger partial charge in [-0.25, -0.2) is 4.79 Å². The molecule has 5 aliphatic rings. The van der Waals surface area contributed by atoms with Crippen molar-refractivity contribution in [1.82, 2.24) is 0 Å². The van der Waals surface area contributed by atoms with Crippen LogP contribution in [-0.2, 0) is 9.53 Å². The number of rotatable bonds is 1.